The van der Waals surface area contributed by atoms with Gasteiger partial charge in [-0.2, -0.15) is 0 Å². The Bertz CT molecular complexity index is 983. The molecule has 1 unspecified atom stereocenters. The molecule has 3 rings (SSSR count). The molecular weight excluding hydrogens is 364 g/mol. The summed E-state index contributed by atoms with van der Waals surface area (Å²) < 4.78 is 39.7. The van der Waals surface area contributed by atoms with Crippen LogP contribution < -0.4 is 4.74 Å². The van der Waals surface area contributed by atoms with E-state index in [4.69, 9.17) is 9.15 Å². The van der Waals surface area contributed by atoms with Crippen molar-refractivity contribution in [3.8, 4) is 17.0 Å². The number of benzene rings is 2. The quantitative estimate of drug-likeness (QED) is 0.474. The minimum atomic E-state index is -1.03. The summed E-state index contributed by atoms with van der Waals surface area (Å²) in [5, 5.41) is 0. The Morgan fingerprint density at radius 3 is 2.54 bits per heavy atom. The molecule has 0 N–H and O–H groups in total. The van der Waals surface area contributed by atoms with Crippen LogP contribution in [0.5, 0.6) is 5.75 Å². The first-order valence-corrected chi connectivity index (χ1v) is 9.13. The maximum atomic E-state index is 14.5. The van der Waals surface area contributed by atoms with Gasteiger partial charge in [0.05, 0.1) is 5.56 Å². The van der Waals surface area contributed by atoms with Crippen LogP contribution in [0.3, 0.4) is 0 Å². The lowest BCUT2D eigenvalue weighted by atomic mass is 10.1. The lowest BCUT2D eigenvalue weighted by Crippen LogP contribution is -2.08. The molecule has 0 bridgehead atoms. The highest BCUT2D eigenvalue weighted by Crippen LogP contribution is 2.31. The van der Waals surface area contributed by atoms with Gasteiger partial charge in [0.2, 0.25) is 5.89 Å². The highest BCUT2D eigenvalue weighted by molar-refractivity contribution is 5.95. The zero-order chi connectivity index (χ0) is 20.3. The van der Waals surface area contributed by atoms with Gasteiger partial charge < -0.3 is 9.15 Å². The molecule has 4 nitrogen and oxygen atoms in total. The normalized spacial score (nSPS) is 12.0. The Kier molecular flexibility index (Phi) is 5.87. The van der Waals surface area contributed by atoms with Crippen molar-refractivity contribution in [2.45, 2.75) is 39.7 Å². The first-order chi connectivity index (χ1) is 13.4. The highest BCUT2D eigenvalue weighted by Gasteiger charge is 2.23. The van der Waals surface area contributed by atoms with Crippen molar-refractivity contribution in [3.63, 3.8) is 0 Å². The van der Waals surface area contributed by atoms with Crippen molar-refractivity contribution in [1.29, 1.82) is 0 Å². The summed E-state index contributed by atoms with van der Waals surface area (Å²) in [4.78, 5) is 16.1. The van der Waals surface area contributed by atoms with Gasteiger partial charge in [-0.05, 0) is 32.4 Å². The molecule has 0 aliphatic carbocycles. The van der Waals surface area contributed by atoms with Crippen LogP contribution in [0.25, 0.3) is 11.3 Å². The zero-order valence-corrected chi connectivity index (χ0v) is 16.0. The number of Topliss-reactive ketones (excluding diaryl/α,β-unsaturated/α-hetero) is 1. The molecule has 1 aromatic heterocycles. The van der Waals surface area contributed by atoms with E-state index in [1.807, 2.05) is 37.3 Å². The first-order valence-electron chi connectivity index (χ1n) is 9.13. The number of ether oxygens (including phenoxy) is 1. The molecule has 0 radical (unpaired) electrons. The van der Waals surface area contributed by atoms with Crippen molar-refractivity contribution in [3.05, 3.63) is 71.3 Å². The molecule has 1 heterocycles. The van der Waals surface area contributed by atoms with E-state index < -0.39 is 29.1 Å². The summed E-state index contributed by atoms with van der Waals surface area (Å²) in [5.41, 5.74) is 1.02. The third-order valence-electron chi connectivity index (χ3n) is 4.30. The van der Waals surface area contributed by atoms with Crippen molar-refractivity contribution in [1.82, 2.24) is 4.98 Å². The van der Waals surface area contributed by atoms with E-state index in [0.717, 1.165) is 42.5 Å². The molecule has 0 spiro atoms. The van der Waals surface area contributed by atoms with Gasteiger partial charge in [0.15, 0.2) is 23.5 Å². The van der Waals surface area contributed by atoms with Gasteiger partial charge in [-0.25, -0.2) is 13.8 Å². The Labute approximate surface area is 162 Å². The van der Waals surface area contributed by atoms with Crippen LogP contribution in [0.1, 0.15) is 55.3 Å². The van der Waals surface area contributed by atoms with Gasteiger partial charge in [0, 0.05) is 12.0 Å². The second-order valence-electron chi connectivity index (χ2n) is 6.49. The summed E-state index contributed by atoms with van der Waals surface area (Å²) in [6.07, 6.45) is 0.842. The fourth-order valence-electron chi connectivity index (χ4n) is 2.95. The molecule has 3 aromatic rings. The van der Waals surface area contributed by atoms with Crippen LogP contribution in [0.15, 0.2) is 46.9 Å². The van der Waals surface area contributed by atoms with E-state index >= 15 is 0 Å². The highest BCUT2D eigenvalue weighted by atomic mass is 19.1. The SMILES string of the molecule is CCCc1oc(C(C)Oc2ccc(F)c(C(C)=O)c2F)nc1-c1ccccc1. The second kappa shape index (κ2) is 8.33. The van der Waals surface area contributed by atoms with Gasteiger partial charge in [-0.3, -0.25) is 4.79 Å². The average Bonchev–Trinajstić information content (AvgIpc) is 3.09. The number of carbonyl (C=O) groups excluding carboxylic acids is 1. The van der Waals surface area contributed by atoms with Crippen molar-refractivity contribution in [2.75, 3.05) is 0 Å². The van der Waals surface area contributed by atoms with Crippen LogP contribution in [0.2, 0.25) is 0 Å². The van der Waals surface area contributed by atoms with Crippen LogP contribution in [0.4, 0.5) is 8.78 Å². The number of halogens is 2. The third-order valence-corrected chi connectivity index (χ3v) is 4.30. The number of nitrogens with zero attached hydrogens (tertiary/aromatic N) is 1. The third kappa shape index (κ3) is 3.96. The maximum Gasteiger partial charge on any atom is 0.236 e. The predicted octanol–water partition coefficient (Wildman–Crippen LogP) is 5.91. The largest absolute Gasteiger partial charge is 0.478 e. The monoisotopic (exact) mass is 385 g/mol. The molecule has 0 amide bonds. The summed E-state index contributed by atoms with van der Waals surface area (Å²) in [6, 6.07) is 11.8. The van der Waals surface area contributed by atoms with Gasteiger partial charge in [0.1, 0.15) is 17.3 Å². The summed E-state index contributed by atoms with van der Waals surface area (Å²) in [6.45, 7) is 4.80. The smallest absolute Gasteiger partial charge is 0.236 e. The molecule has 0 aliphatic heterocycles. The molecule has 6 heteroatoms. The number of aryl methyl sites for hydroxylation is 1. The number of oxazole rings is 1. The Morgan fingerprint density at radius 2 is 1.89 bits per heavy atom. The molecule has 0 saturated heterocycles. The molecule has 146 valence electrons. The minimum absolute atomic E-state index is 0.226. The summed E-state index contributed by atoms with van der Waals surface area (Å²) >= 11 is 0. The van der Waals surface area contributed by atoms with Gasteiger partial charge in [-0.1, -0.05) is 37.3 Å². The minimum Gasteiger partial charge on any atom is -0.478 e. The fraction of sp³-hybridized carbons (Fsp3) is 0.273. The fourth-order valence-corrected chi connectivity index (χ4v) is 2.95. The lowest BCUT2D eigenvalue weighted by molar-refractivity contribution is 0.100. The van der Waals surface area contributed by atoms with Crippen LogP contribution >= 0.6 is 0 Å². The molecule has 0 aliphatic rings. The van der Waals surface area contributed by atoms with Gasteiger partial charge in [0.25, 0.3) is 0 Å². The number of hydrogen-bond acceptors (Lipinski definition) is 4. The Hall–Kier alpha value is -3.02. The Balaban J connectivity index is 1.93. The van der Waals surface area contributed by atoms with Crippen molar-refractivity contribution in [2.24, 2.45) is 0 Å². The van der Waals surface area contributed by atoms with Gasteiger partial charge >= 0.3 is 0 Å². The zero-order valence-electron chi connectivity index (χ0n) is 16.0. The van der Waals surface area contributed by atoms with E-state index in [9.17, 15) is 13.6 Å². The van der Waals surface area contributed by atoms with Crippen molar-refractivity contribution >= 4 is 5.78 Å². The summed E-state index contributed by atoms with van der Waals surface area (Å²) in [7, 11) is 0. The van der Waals surface area contributed by atoms with Crippen molar-refractivity contribution < 1.29 is 22.7 Å². The van der Waals surface area contributed by atoms with Crippen LogP contribution in [0, 0.1) is 11.6 Å². The number of carbonyl (C=O) groups is 1. The van der Waals surface area contributed by atoms with E-state index in [1.165, 1.54) is 0 Å². The van der Waals surface area contributed by atoms with Crippen LogP contribution in [-0.2, 0) is 6.42 Å². The van der Waals surface area contributed by atoms with E-state index in [0.29, 0.717) is 6.42 Å². The van der Waals surface area contributed by atoms with E-state index in [-0.39, 0.29) is 11.6 Å². The number of hydrogen-bond donors (Lipinski definition) is 0. The lowest BCUT2D eigenvalue weighted by Gasteiger charge is -2.13. The molecule has 2 aromatic carbocycles. The maximum absolute atomic E-state index is 14.5. The predicted molar refractivity (Wildman–Crippen MR) is 101 cm³/mol. The first kappa shape index (κ1) is 19.7. The summed E-state index contributed by atoms with van der Waals surface area (Å²) in [5.74, 6) is -1.87. The molecule has 0 saturated carbocycles. The topological polar surface area (TPSA) is 52.3 Å². The molecule has 0 fully saturated rings. The standard InChI is InChI=1S/C22H21F2NO3/c1-4-8-18-21(15-9-6-5-7-10-15)25-22(28-18)14(3)27-17-12-11-16(23)19(13(2)26)20(17)24/h5-7,9-12,14H,4,8H2,1-3H3. The van der Waals surface area contributed by atoms with Crippen LogP contribution in [-0.4, -0.2) is 10.8 Å². The number of aromatic nitrogens is 1. The molecule has 1 atom stereocenters. The number of ketones is 1. The Morgan fingerprint density at radius 1 is 1.18 bits per heavy atom. The van der Waals surface area contributed by atoms with E-state index in [2.05, 4.69) is 4.98 Å². The molecule has 28 heavy (non-hydrogen) atoms. The molecular formula is C22H21F2NO3. The number of rotatable bonds is 7. The average molecular weight is 385 g/mol. The van der Waals surface area contributed by atoms with Gasteiger partial charge in [-0.15, -0.1) is 0 Å². The van der Waals surface area contributed by atoms with E-state index in [1.54, 1.807) is 6.92 Å². The second-order valence-corrected chi connectivity index (χ2v) is 6.49.